The summed E-state index contributed by atoms with van der Waals surface area (Å²) in [5, 5.41) is 3.55. The summed E-state index contributed by atoms with van der Waals surface area (Å²) >= 11 is 6.05. The minimum absolute atomic E-state index is 0.143. The first-order valence-corrected chi connectivity index (χ1v) is 6.52. The molecule has 1 aliphatic carbocycles. The fourth-order valence-corrected chi connectivity index (χ4v) is 2.31. The number of aromatic nitrogens is 2. The lowest BCUT2D eigenvalue weighted by atomic mass is 9.85. The van der Waals surface area contributed by atoms with Crippen LogP contribution in [0.25, 0.3) is 5.65 Å². The van der Waals surface area contributed by atoms with Gasteiger partial charge in [0.25, 0.3) is 0 Å². The van der Waals surface area contributed by atoms with Crippen molar-refractivity contribution >= 4 is 23.2 Å². The van der Waals surface area contributed by atoms with Crippen molar-refractivity contribution in [2.24, 2.45) is 5.92 Å². The van der Waals surface area contributed by atoms with Gasteiger partial charge >= 0.3 is 0 Å². The van der Waals surface area contributed by atoms with E-state index in [0.29, 0.717) is 11.7 Å². The number of amides is 1. The molecule has 1 amide bonds. The molecule has 5 heteroatoms. The van der Waals surface area contributed by atoms with Crippen LogP contribution < -0.4 is 5.32 Å². The number of halogens is 1. The molecular weight excluding hydrogens is 250 g/mol. The Morgan fingerprint density at radius 3 is 3.00 bits per heavy atom. The molecule has 3 rings (SSSR count). The third-order valence-corrected chi connectivity index (χ3v) is 3.72. The van der Waals surface area contributed by atoms with E-state index < -0.39 is 0 Å². The van der Waals surface area contributed by atoms with Gasteiger partial charge in [-0.15, -0.1) is 0 Å². The Balaban J connectivity index is 1.71. The smallest absolute Gasteiger partial charge is 0.223 e. The van der Waals surface area contributed by atoms with Gasteiger partial charge in [-0.1, -0.05) is 24.1 Å². The van der Waals surface area contributed by atoms with Crippen molar-refractivity contribution in [1.82, 2.24) is 14.7 Å². The predicted molar refractivity (Wildman–Crippen MR) is 69.4 cm³/mol. The number of nitrogens with one attached hydrogen (secondary N) is 1. The van der Waals surface area contributed by atoms with Crippen LogP contribution >= 0.6 is 11.6 Å². The van der Waals surface area contributed by atoms with Gasteiger partial charge < -0.3 is 5.32 Å². The topological polar surface area (TPSA) is 46.4 Å². The van der Waals surface area contributed by atoms with E-state index in [9.17, 15) is 4.79 Å². The maximum atomic E-state index is 11.7. The largest absolute Gasteiger partial charge is 0.350 e. The number of carbonyl (C=O) groups excluding carboxylic acids is 1. The molecule has 1 N–H and O–H groups in total. The van der Waals surface area contributed by atoms with Crippen LogP contribution in [-0.4, -0.2) is 15.3 Å². The van der Waals surface area contributed by atoms with Crippen LogP contribution in [-0.2, 0) is 11.3 Å². The summed E-state index contributed by atoms with van der Waals surface area (Å²) in [6.07, 6.45) is 5.06. The standard InChI is InChI=1S/C13H14ClN3O/c14-11-5-2-6-12-16-10(8-17(11)12)7-15-13(18)9-3-1-4-9/h2,5-6,8-9H,1,3-4,7H2,(H,15,18). The molecule has 1 fully saturated rings. The molecule has 0 radical (unpaired) electrons. The lowest BCUT2D eigenvalue weighted by Gasteiger charge is -2.23. The average molecular weight is 264 g/mol. The van der Waals surface area contributed by atoms with E-state index in [1.165, 1.54) is 6.42 Å². The number of rotatable bonds is 3. The molecule has 2 aromatic heterocycles. The van der Waals surface area contributed by atoms with Crippen molar-refractivity contribution in [1.29, 1.82) is 0 Å². The quantitative estimate of drug-likeness (QED) is 0.865. The van der Waals surface area contributed by atoms with Crippen molar-refractivity contribution in [3.05, 3.63) is 35.2 Å². The number of carbonyl (C=O) groups is 1. The summed E-state index contributed by atoms with van der Waals surface area (Å²) in [6, 6.07) is 5.57. The summed E-state index contributed by atoms with van der Waals surface area (Å²) < 4.78 is 1.81. The molecule has 0 atom stereocenters. The molecule has 94 valence electrons. The molecule has 1 aliphatic rings. The Labute approximate surface area is 110 Å². The monoisotopic (exact) mass is 263 g/mol. The van der Waals surface area contributed by atoms with Crippen LogP contribution in [0.2, 0.25) is 5.15 Å². The molecule has 0 bridgehead atoms. The van der Waals surface area contributed by atoms with E-state index in [4.69, 9.17) is 11.6 Å². The van der Waals surface area contributed by atoms with E-state index in [2.05, 4.69) is 10.3 Å². The normalized spacial score (nSPS) is 15.6. The minimum Gasteiger partial charge on any atom is -0.350 e. The van der Waals surface area contributed by atoms with Gasteiger partial charge in [-0.25, -0.2) is 4.98 Å². The van der Waals surface area contributed by atoms with Gasteiger partial charge in [0.2, 0.25) is 5.91 Å². The summed E-state index contributed by atoms with van der Waals surface area (Å²) in [6.45, 7) is 0.466. The maximum absolute atomic E-state index is 11.7. The molecule has 0 aliphatic heterocycles. The third kappa shape index (κ3) is 2.08. The molecule has 2 aromatic rings. The summed E-state index contributed by atoms with van der Waals surface area (Å²) in [7, 11) is 0. The predicted octanol–water partition coefficient (Wildman–Crippen LogP) is 2.40. The van der Waals surface area contributed by atoms with Crippen LogP contribution in [0, 0.1) is 5.92 Å². The molecular formula is C13H14ClN3O. The molecule has 0 aromatic carbocycles. The van der Waals surface area contributed by atoms with Gasteiger partial charge in [-0.3, -0.25) is 9.20 Å². The fourth-order valence-electron chi connectivity index (χ4n) is 2.11. The van der Waals surface area contributed by atoms with Crippen molar-refractivity contribution in [2.45, 2.75) is 25.8 Å². The van der Waals surface area contributed by atoms with Gasteiger partial charge in [-0.05, 0) is 25.0 Å². The number of nitrogens with zero attached hydrogens (tertiary/aromatic N) is 2. The Morgan fingerprint density at radius 1 is 1.50 bits per heavy atom. The summed E-state index contributed by atoms with van der Waals surface area (Å²) in [5.41, 5.74) is 1.63. The SMILES string of the molecule is O=C(NCc1cn2c(Cl)cccc2n1)C1CCC1. The van der Waals surface area contributed by atoms with E-state index in [-0.39, 0.29) is 11.8 Å². The Hall–Kier alpha value is -1.55. The molecule has 0 unspecified atom stereocenters. The molecule has 0 spiro atoms. The van der Waals surface area contributed by atoms with Gasteiger partial charge in [0.05, 0.1) is 12.2 Å². The van der Waals surface area contributed by atoms with Crippen molar-refractivity contribution in [2.75, 3.05) is 0 Å². The molecule has 4 nitrogen and oxygen atoms in total. The second-order valence-electron chi connectivity index (χ2n) is 4.65. The highest BCUT2D eigenvalue weighted by molar-refractivity contribution is 6.29. The van der Waals surface area contributed by atoms with E-state index in [0.717, 1.165) is 24.2 Å². The first-order chi connectivity index (χ1) is 8.74. The van der Waals surface area contributed by atoms with E-state index in [1.807, 2.05) is 28.8 Å². The van der Waals surface area contributed by atoms with Crippen LogP contribution in [0.5, 0.6) is 0 Å². The zero-order chi connectivity index (χ0) is 12.5. The summed E-state index contributed by atoms with van der Waals surface area (Å²) in [4.78, 5) is 16.1. The van der Waals surface area contributed by atoms with Crippen LogP contribution in [0.1, 0.15) is 25.0 Å². The average Bonchev–Trinajstić information content (AvgIpc) is 2.68. The highest BCUT2D eigenvalue weighted by atomic mass is 35.5. The number of hydrogen-bond acceptors (Lipinski definition) is 2. The van der Waals surface area contributed by atoms with Crippen LogP contribution in [0.15, 0.2) is 24.4 Å². The Kier molecular flexibility index (Phi) is 2.96. The van der Waals surface area contributed by atoms with Crippen LogP contribution in [0.3, 0.4) is 0 Å². The third-order valence-electron chi connectivity index (χ3n) is 3.41. The zero-order valence-corrected chi connectivity index (χ0v) is 10.7. The second-order valence-corrected chi connectivity index (χ2v) is 5.04. The van der Waals surface area contributed by atoms with Gasteiger partial charge in [-0.2, -0.15) is 0 Å². The van der Waals surface area contributed by atoms with E-state index in [1.54, 1.807) is 0 Å². The first kappa shape index (κ1) is 11.5. The molecule has 0 saturated heterocycles. The maximum Gasteiger partial charge on any atom is 0.223 e. The number of fused-ring (bicyclic) bond motifs is 1. The van der Waals surface area contributed by atoms with Crippen molar-refractivity contribution in [3.8, 4) is 0 Å². The lowest BCUT2D eigenvalue weighted by molar-refractivity contribution is -0.127. The molecule has 18 heavy (non-hydrogen) atoms. The Bertz CT molecular complexity index is 589. The highest BCUT2D eigenvalue weighted by Gasteiger charge is 2.24. The van der Waals surface area contributed by atoms with Gasteiger partial charge in [0, 0.05) is 12.1 Å². The van der Waals surface area contributed by atoms with Crippen molar-refractivity contribution < 1.29 is 4.79 Å². The fraction of sp³-hybridized carbons (Fsp3) is 0.385. The second kappa shape index (κ2) is 4.61. The molecule has 2 heterocycles. The summed E-state index contributed by atoms with van der Waals surface area (Å²) in [5.74, 6) is 0.357. The van der Waals surface area contributed by atoms with Gasteiger partial charge in [0.1, 0.15) is 10.8 Å². The lowest BCUT2D eigenvalue weighted by Crippen LogP contribution is -2.34. The highest BCUT2D eigenvalue weighted by Crippen LogP contribution is 2.26. The molecule has 1 saturated carbocycles. The Morgan fingerprint density at radius 2 is 2.33 bits per heavy atom. The van der Waals surface area contributed by atoms with Gasteiger partial charge in [0.15, 0.2) is 0 Å². The van der Waals surface area contributed by atoms with Crippen molar-refractivity contribution in [3.63, 3.8) is 0 Å². The zero-order valence-electron chi connectivity index (χ0n) is 9.90. The van der Waals surface area contributed by atoms with Crippen LogP contribution in [0.4, 0.5) is 0 Å². The number of imidazole rings is 1. The van der Waals surface area contributed by atoms with E-state index >= 15 is 0 Å². The number of hydrogen-bond donors (Lipinski definition) is 1. The first-order valence-electron chi connectivity index (χ1n) is 6.14. The minimum atomic E-state index is 0.143. The number of pyridine rings is 1.